The van der Waals surface area contributed by atoms with Gasteiger partial charge in [0.2, 0.25) is 0 Å². The van der Waals surface area contributed by atoms with Crippen molar-refractivity contribution in [2.24, 2.45) is 0 Å². The Morgan fingerprint density at radius 2 is 2.03 bits per heavy atom. The first-order chi connectivity index (χ1) is 16.7. The molecular weight excluding hydrogens is 461 g/mol. The molecule has 0 bridgehead atoms. The van der Waals surface area contributed by atoms with E-state index in [1.165, 1.54) is 13.2 Å². The molecule has 8 nitrogen and oxygen atoms in total. The minimum Gasteiger partial charge on any atom is -0.467 e. The van der Waals surface area contributed by atoms with E-state index in [2.05, 4.69) is 27.1 Å². The third-order valence-corrected chi connectivity index (χ3v) is 5.95. The van der Waals surface area contributed by atoms with Crippen LogP contribution >= 0.6 is 0 Å². The molecule has 3 aromatic rings. The number of piperidine rings is 1. The van der Waals surface area contributed by atoms with Crippen molar-refractivity contribution in [2.45, 2.75) is 25.1 Å². The summed E-state index contributed by atoms with van der Waals surface area (Å²) < 4.78 is 52.7. The maximum Gasteiger partial charge on any atom is 0.416 e. The van der Waals surface area contributed by atoms with Crippen molar-refractivity contribution in [3.05, 3.63) is 41.9 Å². The standard InChI is InChI=1S/C24H29F3N6O2/c1-31(2)11-9-19-21(18-8-7-16(24(25,26)27)12-20(18)35-15-34-4)29-30-23-22(19)28-14-33(23)17-6-5-10-32(3)13-17/h7-9,11-12,14,17H,5-6,10,13,15H2,1-4H3/b11-9+/t17-/m1/s1. The molecule has 1 aliphatic rings. The number of rotatable bonds is 7. The Balaban J connectivity index is 1.88. The Labute approximate surface area is 202 Å². The zero-order valence-electron chi connectivity index (χ0n) is 20.2. The molecule has 2 aromatic heterocycles. The number of hydrogen-bond acceptors (Lipinski definition) is 7. The van der Waals surface area contributed by atoms with Crippen molar-refractivity contribution < 1.29 is 22.6 Å². The smallest absolute Gasteiger partial charge is 0.416 e. The van der Waals surface area contributed by atoms with E-state index in [4.69, 9.17) is 9.47 Å². The summed E-state index contributed by atoms with van der Waals surface area (Å²) in [5.74, 6) is 0.00293. The van der Waals surface area contributed by atoms with Crippen molar-refractivity contribution >= 4 is 17.2 Å². The molecule has 0 amide bonds. The molecule has 1 atom stereocenters. The van der Waals surface area contributed by atoms with Crippen molar-refractivity contribution in [3.8, 4) is 17.0 Å². The highest BCUT2D eigenvalue weighted by Gasteiger charge is 2.32. The van der Waals surface area contributed by atoms with Gasteiger partial charge >= 0.3 is 6.18 Å². The molecule has 1 aromatic carbocycles. The van der Waals surface area contributed by atoms with Gasteiger partial charge in [0.1, 0.15) is 17.0 Å². The van der Waals surface area contributed by atoms with Crippen LogP contribution in [0.15, 0.2) is 30.7 Å². The second-order valence-electron chi connectivity index (χ2n) is 8.88. The minimum atomic E-state index is -4.51. The van der Waals surface area contributed by atoms with Gasteiger partial charge in [-0.05, 0) is 56.9 Å². The molecule has 0 saturated carbocycles. The number of ether oxygens (including phenoxy) is 2. The Morgan fingerprint density at radius 3 is 2.71 bits per heavy atom. The number of alkyl halides is 3. The highest BCUT2D eigenvalue weighted by atomic mass is 19.4. The molecule has 1 fully saturated rings. The van der Waals surface area contributed by atoms with Crippen LogP contribution in [0.25, 0.3) is 28.5 Å². The third-order valence-electron chi connectivity index (χ3n) is 5.95. The van der Waals surface area contributed by atoms with Gasteiger partial charge in [-0.25, -0.2) is 4.98 Å². The number of halogens is 3. The van der Waals surface area contributed by atoms with Crippen LogP contribution in [-0.2, 0) is 10.9 Å². The molecular formula is C24H29F3N6O2. The Morgan fingerprint density at radius 1 is 1.23 bits per heavy atom. The van der Waals surface area contributed by atoms with Crippen LogP contribution in [0.4, 0.5) is 13.2 Å². The van der Waals surface area contributed by atoms with Crippen molar-refractivity contribution in [2.75, 3.05) is 48.1 Å². The molecule has 0 radical (unpaired) electrons. The van der Waals surface area contributed by atoms with Crippen LogP contribution in [0.1, 0.15) is 30.0 Å². The minimum absolute atomic E-state index is 0.00293. The summed E-state index contributed by atoms with van der Waals surface area (Å²) in [5, 5.41) is 8.94. The lowest BCUT2D eigenvalue weighted by molar-refractivity contribution is -0.137. The molecule has 0 aliphatic carbocycles. The van der Waals surface area contributed by atoms with E-state index >= 15 is 0 Å². The van der Waals surface area contributed by atoms with Crippen LogP contribution in [0, 0.1) is 0 Å². The number of benzene rings is 1. The quantitative estimate of drug-likeness (QED) is 0.458. The van der Waals surface area contributed by atoms with Gasteiger partial charge in [0, 0.05) is 44.9 Å². The number of hydrogen-bond donors (Lipinski definition) is 0. The molecule has 0 unspecified atom stereocenters. The molecule has 0 N–H and O–H groups in total. The van der Waals surface area contributed by atoms with Gasteiger partial charge in [0.15, 0.2) is 12.4 Å². The average molecular weight is 491 g/mol. The van der Waals surface area contributed by atoms with Gasteiger partial charge < -0.3 is 23.8 Å². The number of imidazole rings is 1. The average Bonchev–Trinajstić information content (AvgIpc) is 3.25. The van der Waals surface area contributed by atoms with Gasteiger partial charge in [-0.1, -0.05) is 0 Å². The second kappa shape index (κ2) is 10.2. The molecule has 1 saturated heterocycles. The number of likely N-dealkylation sites (tertiary alicyclic amines) is 1. The fraction of sp³-hybridized carbons (Fsp3) is 0.458. The van der Waals surface area contributed by atoms with Crippen LogP contribution in [0.2, 0.25) is 0 Å². The molecule has 11 heteroatoms. The molecule has 1 aliphatic heterocycles. The fourth-order valence-electron chi connectivity index (χ4n) is 4.26. The number of fused-ring (bicyclic) bond motifs is 1. The fourth-order valence-corrected chi connectivity index (χ4v) is 4.26. The molecule has 188 valence electrons. The SMILES string of the molecule is COCOc1cc(C(F)(F)F)ccc1-c1nnc2c(ncn2[C@@H]2CCCN(C)C2)c1/C=C/N(C)C. The van der Waals surface area contributed by atoms with Crippen LogP contribution in [0.3, 0.4) is 0 Å². The maximum atomic E-state index is 13.4. The van der Waals surface area contributed by atoms with Crippen LogP contribution in [-0.4, -0.2) is 77.7 Å². The highest BCUT2D eigenvalue weighted by Crippen LogP contribution is 2.39. The molecule has 3 heterocycles. The maximum absolute atomic E-state index is 13.4. The monoisotopic (exact) mass is 490 g/mol. The largest absolute Gasteiger partial charge is 0.467 e. The highest BCUT2D eigenvalue weighted by molar-refractivity contribution is 5.90. The predicted octanol–water partition coefficient (Wildman–Crippen LogP) is 4.29. The van der Waals surface area contributed by atoms with Crippen LogP contribution in [0.5, 0.6) is 5.75 Å². The number of methoxy groups -OCH3 is 1. The first kappa shape index (κ1) is 24.9. The zero-order valence-corrected chi connectivity index (χ0v) is 20.2. The summed E-state index contributed by atoms with van der Waals surface area (Å²) in [7, 11) is 7.25. The Kier molecular flexibility index (Phi) is 7.27. The number of nitrogens with zero attached hydrogens (tertiary/aromatic N) is 6. The van der Waals surface area contributed by atoms with Gasteiger partial charge in [-0.3, -0.25) is 0 Å². The van der Waals surface area contributed by atoms with E-state index in [9.17, 15) is 13.2 Å². The third kappa shape index (κ3) is 5.40. The normalized spacial score (nSPS) is 17.4. The van der Waals surface area contributed by atoms with Gasteiger partial charge in [0.25, 0.3) is 0 Å². The van der Waals surface area contributed by atoms with Crippen LogP contribution < -0.4 is 4.74 Å². The second-order valence-corrected chi connectivity index (χ2v) is 8.88. The van der Waals surface area contributed by atoms with E-state index in [1.807, 2.05) is 35.8 Å². The first-order valence-electron chi connectivity index (χ1n) is 11.3. The van der Waals surface area contributed by atoms with Crippen molar-refractivity contribution in [3.63, 3.8) is 0 Å². The van der Waals surface area contributed by atoms with E-state index in [-0.39, 0.29) is 18.6 Å². The van der Waals surface area contributed by atoms with E-state index in [0.29, 0.717) is 28.0 Å². The first-order valence-corrected chi connectivity index (χ1v) is 11.3. The lowest BCUT2D eigenvalue weighted by atomic mass is 10.0. The number of aromatic nitrogens is 4. The summed E-state index contributed by atoms with van der Waals surface area (Å²) in [4.78, 5) is 8.79. The van der Waals surface area contributed by atoms with E-state index in [1.54, 1.807) is 6.33 Å². The summed E-state index contributed by atoms with van der Waals surface area (Å²) in [6.07, 6.45) is 3.02. The molecule has 35 heavy (non-hydrogen) atoms. The van der Waals surface area contributed by atoms with Gasteiger partial charge in [-0.2, -0.15) is 13.2 Å². The molecule has 4 rings (SSSR count). The Bertz CT molecular complexity index is 1210. The van der Waals surface area contributed by atoms with Crippen molar-refractivity contribution in [1.29, 1.82) is 0 Å². The summed E-state index contributed by atoms with van der Waals surface area (Å²) in [5.41, 5.74) is 1.83. The topological polar surface area (TPSA) is 68.5 Å². The Hall–Kier alpha value is -3.18. The lowest BCUT2D eigenvalue weighted by Crippen LogP contribution is -2.33. The summed E-state index contributed by atoms with van der Waals surface area (Å²) >= 11 is 0. The van der Waals surface area contributed by atoms with Crippen molar-refractivity contribution in [1.82, 2.24) is 29.5 Å². The zero-order chi connectivity index (χ0) is 25.2. The van der Waals surface area contributed by atoms with E-state index in [0.717, 1.165) is 38.1 Å². The summed E-state index contributed by atoms with van der Waals surface area (Å²) in [6.45, 7) is 1.72. The summed E-state index contributed by atoms with van der Waals surface area (Å²) in [6, 6.07) is 3.53. The predicted molar refractivity (Wildman–Crippen MR) is 127 cm³/mol. The number of likely N-dealkylation sites (N-methyl/N-ethyl adjacent to an activating group) is 1. The van der Waals surface area contributed by atoms with Gasteiger partial charge in [0.05, 0.1) is 11.9 Å². The van der Waals surface area contributed by atoms with E-state index < -0.39 is 11.7 Å². The van der Waals surface area contributed by atoms with Gasteiger partial charge in [-0.15, -0.1) is 10.2 Å². The molecule has 0 spiro atoms. The lowest BCUT2D eigenvalue weighted by Gasteiger charge is -2.30.